The number of nitrogens with zero attached hydrogens (tertiary/aromatic N) is 3. The van der Waals surface area contributed by atoms with E-state index in [-0.39, 0.29) is 18.4 Å². The van der Waals surface area contributed by atoms with Crippen LogP contribution in [0.15, 0.2) is 25.0 Å². The Bertz CT molecular complexity index is 472. The number of hydrogen-bond acceptors (Lipinski definition) is 4. The minimum absolute atomic E-state index is 0.00187. The topological polar surface area (TPSA) is 56.6 Å². The van der Waals surface area contributed by atoms with Gasteiger partial charge in [0.2, 0.25) is 5.91 Å². The third-order valence-corrected chi connectivity index (χ3v) is 3.44. The highest BCUT2D eigenvalue weighted by Gasteiger charge is 2.25. The van der Waals surface area contributed by atoms with Crippen LogP contribution in [0.2, 0.25) is 0 Å². The number of hydrogen-bond donors (Lipinski definition) is 0. The number of ether oxygens (including phenoxy) is 2. The molecule has 0 aliphatic carbocycles. The van der Waals surface area contributed by atoms with Crippen molar-refractivity contribution >= 4 is 5.91 Å². The van der Waals surface area contributed by atoms with Gasteiger partial charge in [-0.2, -0.15) is 0 Å². The molecule has 0 bridgehead atoms. The van der Waals surface area contributed by atoms with Crippen molar-refractivity contribution in [1.82, 2.24) is 14.5 Å². The van der Waals surface area contributed by atoms with Crippen LogP contribution in [0.5, 0.6) is 0 Å². The SMILES string of the molecule is C=CCOC[C@@H]1CN(C(=O)COCC)Cc2nccn2C1. The lowest BCUT2D eigenvalue weighted by Crippen LogP contribution is -2.37. The Balaban J connectivity index is 2.03. The van der Waals surface area contributed by atoms with Gasteiger partial charge in [-0.25, -0.2) is 4.98 Å². The molecular formula is C15H23N3O3. The second-order valence-electron chi connectivity index (χ2n) is 5.10. The number of aromatic nitrogens is 2. The highest BCUT2D eigenvalue weighted by Crippen LogP contribution is 2.16. The lowest BCUT2D eigenvalue weighted by molar-refractivity contribution is -0.137. The van der Waals surface area contributed by atoms with E-state index in [1.807, 2.05) is 18.0 Å². The number of carbonyl (C=O) groups excluding carboxylic acids is 1. The van der Waals surface area contributed by atoms with E-state index >= 15 is 0 Å². The van der Waals surface area contributed by atoms with Crippen LogP contribution in [-0.4, -0.2) is 53.3 Å². The van der Waals surface area contributed by atoms with E-state index in [0.717, 1.165) is 12.4 Å². The van der Waals surface area contributed by atoms with Crippen LogP contribution in [-0.2, 0) is 27.4 Å². The summed E-state index contributed by atoms with van der Waals surface area (Å²) in [5, 5.41) is 0. The molecule has 1 atom stereocenters. The molecule has 6 nitrogen and oxygen atoms in total. The van der Waals surface area contributed by atoms with Crippen LogP contribution in [0.3, 0.4) is 0 Å². The molecular weight excluding hydrogens is 270 g/mol. The fraction of sp³-hybridized carbons (Fsp3) is 0.600. The summed E-state index contributed by atoms with van der Waals surface area (Å²) in [7, 11) is 0. The maximum atomic E-state index is 12.2. The van der Waals surface area contributed by atoms with Crippen LogP contribution < -0.4 is 0 Å². The van der Waals surface area contributed by atoms with E-state index in [9.17, 15) is 4.79 Å². The van der Waals surface area contributed by atoms with Crippen molar-refractivity contribution in [3.05, 3.63) is 30.9 Å². The van der Waals surface area contributed by atoms with Crippen molar-refractivity contribution < 1.29 is 14.3 Å². The maximum Gasteiger partial charge on any atom is 0.248 e. The molecule has 0 N–H and O–H groups in total. The highest BCUT2D eigenvalue weighted by atomic mass is 16.5. The number of fused-ring (bicyclic) bond motifs is 1. The summed E-state index contributed by atoms with van der Waals surface area (Å²) in [6.07, 6.45) is 5.46. The van der Waals surface area contributed by atoms with E-state index in [1.54, 1.807) is 12.3 Å². The fourth-order valence-corrected chi connectivity index (χ4v) is 2.43. The van der Waals surface area contributed by atoms with Gasteiger partial charge in [-0.05, 0) is 6.92 Å². The van der Waals surface area contributed by atoms with E-state index in [0.29, 0.717) is 32.9 Å². The molecule has 0 saturated heterocycles. The van der Waals surface area contributed by atoms with Crippen molar-refractivity contribution in [1.29, 1.82) is 0 Å². The number of carbonyl (C=O) groups is 1. The molecule has 0 radical (unpaired) electrons. The van der Waals surface area contributed by atoms with Crippen molar-refractivity contribution in [3.63, 3.8) is 0 Å². The molecule has 1 aromatic heterocycles. The average molecular weight is 293 g/mol. The molecule has 0 unspecified atom stereocenters. The third kappa shape index (κ3) is 4.41. The van der Waals surface area contributed by atoms with Gasteiger partial charge >= 0.3 is 0 Å². The normalized spacial score (nSPS) is 18.1. The largest absolute Gasteiger partial charge is 0.377 e. The lowest BCUT2D eigenvalue weighted by Gasteiger charge is -2.23. The number of amides is 1. The molecule has 1 aliphatic rings. The van der Waals surface area contributed by atoms with Crippen LogP contribution in [0.1, 0.15) is 12.7 Å². The third-order valence-electron chi connectivity index (χ3n) is 3.44. The first-order valence-corrected chi connectivity index (χ1v) is 7.28. The molecule has 1 amide bonds. The van der Waals surface area contributed by atoms with Gasteiger partial charge in [0.25, 0.3) is 0 Å². The Morgan fingerprint density at radius 3 is 3.14 bits per heavy atom. The van der Waals surface area contributed by atoms with Crippen LogP contribution >= 0.6 is 0 Å². The smallest absolute Gasteiger partial charge is 0.248 e. The minimum atomic E-state index is 0.00187. The quantitative estimate of drug-likeness (QED) is 0.557. The molecule has 0 fully saturated rings. The molecule has 116 valence electrons. The van der Waals surface area contributed by atoms with E-state index < -0.39 is 0 Å². The maximum absolute atomic E-state index is 12.2. The minimum Gasteiger partial charge on any atom is -0.377 e. The zero-order valence-electron chi connectivity index (χ0n) is 12.5. The van der Waals surface area contributed by atoms with Gasteiger partial charge in [-0.1, -0.05) is 6.08 Å². The van der Waals surface area contributed by atoms with Crippen LogP contribution in [0.4, 0.5) is 0 Å². The van der Waals surface area contributed by atoms with Gasteiger partial charge in [0.05, 0.1) is 19.8 Å². The predicted molar refractivity (Wildman–Crippen MR) is 78.6 cm³/mol. The predicted octanol–water partition coefficient (Wildman–Crippen LogP) is 1.08. The van der Waals surface area contributed by atoms with Gasteiger partial charge in [0.15, 0.2) is 0 Å². The summed E-state index contributed by atoms with van der Waals surface area (Å²) in [4.78, 5) is 18.4. The Morgan fingerprint density at radius 1 is 1.52 bits per heavy atom. The number of rotatable bonds is 7. The first-order chi connectivity index (χ1) is 10.2. The summed E-state index contributed by atoms with van der Waals surface area (Å²) in [6.45, 7) is 9.31. The average Bonchev–Trinajstić information content (AvgIpc) is 2.83. The van der Waals surface area contributed by atoms with Crippen molar-refractivity contribution in [2.45, 2.75) is 20.0 Å². The molecule has 0 spiro atoms. The van der Waals surface area contributed by atoms with Crippen LogP contribution in [0.25, 0.3) is 0 Å². The van der Waals surface area contributed by atoms with Gasteiger partial charge in [-0.3, -0.25) is 4.79 Å². The summed E-state index contributed by atoms with van der Waals surface area (Å²) in [6, 6.07) is 0. The van der Waals surface area contributed by atoms with E-state index in [4.69, 9.17) is 9.47 Å². The first kappa shape index (κ1) is 15.7. The Morgan fingerprint density at radius 2 is 2.38 bits per heavy atom. The van der Waals surface area contributed by atoms with Crippen LogP contribution in [0, 0.1) is 5.92 Å². The summed E-state index contributed by atoms with van der Waals surface area (Å²) in [5.74, 6) is 1.15. The molecule has 2 rings (SSSR count). The number of imidazole rings is 1. The van der Waals surface area contributed by atoms with Gasteiger partial charge in [0, 0.05) is 38.0 Å². The molecule has 0 saturated carbocycles. The second-order valence-corrected chi connectivity index (χ2v) is 5.10. The molecule has 6 heteroatoms. The zero-order valence-corrected chi connectivity index (χ0v) is 12.5. The van der Waals surface area contributed by atoms with E-state index in [2.05, 4.69) is 16.1 Å². The molecule has 2 heterocycles. The Labute approximate surface area is 125 Å². The zero-order chi connectivity index (χ0) is 15.1. The van der Waals surface area contributed by atoms with Crippen molar-refractivity contribution in [2.24, 2.45) is 5.92 Å². The summed E-state index contributed by atoms with van der Waals surface area (Å²) < 4.78 is 12.9. The van der Waals surface area contributed by atoms with Gasteiger partial charge in [0.1, 0.15) is 12.4 Å². The first-order valence-electron chi connectivity index (χ1n) is 7.28. The highest BCUT2D eigenvalue weighted by molar-refractivity contribution is 5.77. The lowest BCUT2D eigenvalue weighted by atomic mass is 10.1. The monoisotopic (exact) mass is 293 g/mol. The van der Waals surface area contributed by atoms with Crippen molar-refractivity contribution in [3.8, 4) is 0 Å². The Kier molecular flexibility index (Phi) is 5.95. The van der Waals surface area contributed by atoms with Gasteiger partial charge < -0.3 is 18.9 Å². The standard InChI is InChI=1S/C15H23N3O3/c1-3-7-21-11-13-8-17-6-5-16-14(17)10-18(9-13)15(19)12-20-4-2/h3,5-6,13H,1,4,7-12H2,2H3/t13-/m0/s1. The molecule has 21 heavy (non-hydrogen) atoms. The van der Waals surface area contributed by atoms with Crippen molar-refractivity contribution in [2.75, 3.05) is 33.0 Å². The Hall–Kier alpha value is -1.66. The second kappa shape index (κ2) is 7.95. The molecule has 0 aromatic carbocycles. The van der Waals surface area contributed by atoms with E-state index in [1.165, 1.54) is 0 Å². The fourth-order valence-electron chi connectivity index (χ4n) is 2.43. The summed E-state index contributed by atoms with van der Waals surface area (Å²) >= 11 is 0. The van der Waals surface area contributed by atoms with Gasteiger partial charge in [-0.15, -0.1) is 6.58 Å². The summed E-state index contributed by atoms with van der Waals surface area (Å²) in [5.41, 5.74) is 0. The molecule has 1 aromatic rings. The molecule has 1 aliphatic heterocycles.